The number of nitrogens with zero attached hydrogens (tertiary/aromatic N) is 2. The summed E-state index contributed by atoms with van der Waals surface area (Å²) < 4.78 is 1.16. The Balaban J connectivity index is 1.55. The minimum Gasteiger partial charge on any atom is -0.506 e. The molecule has 9 rings (SSSR count). The third-order valence-electron chi connectivity index (χ3n) is 14.8. The highest BCUT2D eigenvalue weighted by Gasteiger charge is 2.28. The Morgan fingerprint density at radius 3 is 0.973 bits per heavy atom. The number of halogens is 1. The molecule has 0 aliphatic carbocycles. The molecule has 0 saturated carbocycles. The van der Waals surface area contributed by atoms with E-state index >= 15 is 0 Å². The van der Waals surface area contributed by atoms with Crippen molar-refractivity contribution in [3.05, 3.63) is 157 Å². The maximum Gasteiger partial charge on any atom is 0.141 e. The topological polar surface area (TPSA) is 77.6 Å². The molecule has 2 aliphatic rings. The first-order chi connectivity index (χ1) is 34.2. The number of rotatable bonds is 4. The van der Waals surface area contributed by atoms with Crippen molar-refractivity contribution in [1.29, 1.82) is 0 Å². The second-order valence-electron chi connectivity index (χ2n) is 27.1. The second-order valence-corrected chi connectivity index (χ2v) is 28.3. The number of aromatic amines is 2. The number of aromatic nitrogens is 4. The molecule has 0 radical (unpaired) electrons. The lowest BCUT2D eigenvalue weighted by atomic mass is 9.78. The predicted octanol–water partition coefficient (Wildman–Crippen LogP) is 19.4. The smallest absolute Gasteiger partial charge is 0.141 e. The molecule has 8 bridgehead atoms. The molecule has 0 unspecified atom stereocenters. The van der Waals surface area contributed by atoms with Crippen LogP contribution >= 0.6 is 22.6 Å². The number of H-pyrrole nitrogens is 2. The molecule has 2 aliphatic heterocycles. The first-order valence-electron chi connectivity index (χ1n) is 26.4. The number of aromatic hydroxyl groups is 1. The van der Waals surface area contributed by atoms with Crippen molar-refractivity contribution in [2.24, 2.45) is 0 Å². The van der Waals surface area contributed by atoms with Crippen LogP contribution in [0, 0.1) is 3.57 Å². The SMILES string of the molecule is CC(C)(C)c1cc(-c2c3nc(c(-c4cc(C(C)(C)C)cc(C(C)(C)C)c4)c4[nH]c(cc4O)c(-c4cc(C(C)(C)C)cc(C(C)(C)C)c4)c4nc(c(-c5ccc(I)cc5)c5ccc2[nH]5)C=C4)C=C3)cc(C(C)(C)C)c1. The Morgan fingerprint density at radius 2 is 0.635 bits per heavy atom. The van der Waals surface area contributed by atoms with Gasteiger partial charge >= 0.3 is 0 Å². The molecule has 3 aromatic heterocycles. The summed E-state index contributed by atoms with van der Waals surface area (Å²) in [6.45, 7) is 41.1. The number of nitrogens with one attached hydrogen (secondary N) is 2. The summed E-state index contributed by atoms with van der Waals surface area (Å²) in [6.07, 6.45) is 8.62. The van der Waals surface area contributed by atoms with Crippen LogP contribution in [0.1, 0.15) is 181 Å². The molecular formula is C68H77IN4O. The van der Waals surface area contributed by atoms with Crippen LogP contribution in [0.2, 0.25) is 0 Å². The van der Waals surface area contributed by atoms with Gasteiger partial charge in [0.2, 0.25) is 0 Å². The van der Waals surface area contributed by atoms with Gasteiger partial charge < -0.3 is 15.1 Å². The molecule has 5 heterocycles. The standard InChI is InChI=1S/C68H77IN4O/c1-63(2,3)43-29-40(30-44(35-43)64(4,5)6)59-52-25-23-50(70-52)58(39-19-21-49(69)22-20-39)51-24-26-54(71-51)60(41-31-45(65(7,8)9)36-46(32-41)66(10,11)12)56-38-57(74)62(73-56)61(55-28-27-53(59)72-55)42-33-47(67(13,14)15)37-48(34-42)68(16,17)18/h19-38,70,73-74H,1-18H3. The quantitative estimate of drug-likeness (QED) is 0.154. The summed E-state index contributed by atoms with van der Waals surface area (Å²) in [4.78, 5) is 19.3. The number of hydrogen-bond acceptors (Lipinski definition) is 3. The van der Waals surface area contributed by atoms with Crippen molar-refractivity contribution >= 4 is 69.0 Å². The lowest BCUT2D eigenvalue weighted by Crippen LogP contribution is -2.16. The first-order valence-corrected chi connectivity index (χ1v) is 27.5. The highest BCUT2D eigenvalue weighted by molar-refractivity contribution is 14.1. The van der Waals surface area contributed by atoms with Crippen molar-refractivity contribution in [2.45, 2.75) is 157 Å². The molecule has 0 amide bonds. The van der Waals surface area contributed by atoms with Crippen molar-refractivity contribution in [2.75, 3.05) is 0 Å². The molecule has 4 aromatic carbocycles. The molecule has 3 N–H and O–H groups in total. The minimum atomic E-state index is -0.156. The highest BCUT2D eigenvalue weighted by Crippen LogP contribution is 2.45. The molecule has 0 fully saturated rings. The molecule has 5 nitrogen and oxygen atoms in total. The van der Waals surface area contributed by atoms with E-state index in [0.29, 0.717) is 5.52 Å². The van der Waals surface area contributed by atoms with Gasteiger partial charge in [0, 0.05) is 42.9 Å². The van der Waals surface area contributed by atoms with Crippen molar-refractivity contribution < 1.29 is 5.11 Å². The summed E-state index contributed by atoms with van der Waals surface area (Å²) >= 11 is 2.38. The van der Waals surface area contributed by atoms with E-state index in [0.717, 1.165) is 87.4 Å². The van der Waals surface area contributed by atoms with E-state index in [1.165, 1.54) is 33.4 Å². The molecule has 7 aromatic rings. The van der Waals surface area contributed by atoms with Crippen LogP contribution in [0.5, 0.6) is 5.75 Å². The largest absolute Gasteiger partial charge is 0.506 e. The van der Waals surface area contributed by atoms with E-state index in [1.807, 2.05) is 6.07 Å². The van der Waals surface area contributed by atoms with Gasteiger partial charge in [-0.25, -0.2) is 9.97 Å². The Morgan fingerprint density at radius 1 is 0.338 bits per heavy atom. The van der Waals surface area contributed by atoms with Gasteiger partial charge in [0.05, 0.1) is 33.8 Å². The third-order valence-corrected chi connectivity index (χ3v) is 15.6. The maximum atomic E-state index is 12.8. The van der Waals surface area contributed by atoms with Crippen LogP contribution < -0.4 is 0 Å². The van der Waals surface area contributed by atoms with E-state index in [9.17, 15) is 5.11 Å². The Labute approximate surface area is 455 Å². The van der Waals surface area contributed by atoms with Gasteiger partial charge in [0.1, 0.15) is 5.75 Å². The zero-order chi connectivity index (χ0) is 53.8. The van der Waals surface area contributed by atoms with Crippen LogP contribution in [-0.4, -0.2) is 25.0 Å². The summed E-state index contributed by atoms with van der Waals surface area (Å²) in [5, 5.41) is 12.8. The van der Waals surface area contributed by atoms with E-state index in [2.05, 4.69) is 272 Å². The maximum absolute atomic E-state index is 12.8. The van der Waals surface area contributed by atoms with Crippen LogP contribution in [0.4, 0.5) is 0 Å². The second kappa shape index (κ2) is 18.4. The van der Waals surface area contributed by atoms with E-state index in [4.69, 9.17) is 9.97 Å². The van der Waals surface area contributed by atoms with Crippen molar-refractivity contribution in [3.63, 3.8) is 0 Å². The van der Waals surface area contributed by atoms with Crippen molar-refractivity contribution in [3.8, 4) is 50.3 Å². The molecular weight excluding hydrogens is 1020 g/mol. The summed E-state index contributed by atoms with van der Waals surface area (Å²) in [7, 11) is 0. The molecule has 0 atom stereocenters. The van der Waals surface area contributed by atoms with Crippen molar-refractivity contribution in [1.82, 2.24) is 19.9 Å². The van der Waals surface area contributed by atoms with E-state index in [1.54, 1.807) is 0 Å². The lowest BCUT2D eigenvalue weighted by molar-refractivity contribution is 0.482. The zero-order valence-corrected chi connectivity index (χ0v) is 49.4. The Hall–Kier alpha value is -5.99. The summed E-state index contributed by atoms with van der Waals surface area (Å²) in [6, 6.07) is 36.1. The average molecular weight is 1090 g/mol. The predicted molar refractivity (Wildman–Crippen MR) is 327 cm³/mol. The molecule has 74 heavy (non-hydrogen) atoms. The van der Waals surface area contributed by atoms with Crippen LogP contribution in [0.3, 0.4) is 0 Å². The fourth-order valence-electron chi connectivity index (χ4n) is 10.0. The third kappa shape index (κ3) is 10.5. The molecule has 6 heteroatoms. The number of benzene rings is 4. The number of hydrogen-bond donors (Lipinski definition) is 3. The van der Waals surface area contributed by atoms with E-state index < -0.39 is 0 Å². The van der Waals surface area contributed by atoms with Gasteiger partial charge in [-0.15, -0.1) is 0 Å². The Kier molecular flexibility index (Phi) is 13.1. The van der Waals surface area contributed by atoms with Gasteiger partial charge in [0.25, 0.3) is 0 Å². The monoisotopic (exact) mass is 1090 g/mol. The van der Waals surface area contributed by atoms with Crippen LogP contribution in [0.25, 0.3) is 90.9 Å². The molecule has 0 saturated heterocycles. The summed E-state index contributed by atoms with van der Waals surface area (Å²) in [5.41, 5.74) is 21.1. The molecule has 382 valence electrons. The first kappa shape index (κ1) is 52.9. The van der Waals surface area contributed by atoms with Gasteiger partial charge in [-0.1, -0.05) is 191 Å². The van der Waals surface area contributed by atoms with Gasteiger partial charge in [-0.3, -0.25) is 0 Å². The van der Waals surface area contributed by atoms with Gasteiger partial charge in [0.15, 0.2) is 0 Å². The van der Waals surface area contributed by atoms with E-state index in [-0.39, 0.29) is 38.2 Å². The lowest BCUT2D eigenvalue weighted by Gasteiger charge is -2.26. The number of fused-ring (bicyclic) bond motifs is 8. The van der Waals surface area contributed by atoms with Crippen LogP contribution in [-0.2, 0) is 32.5 Å². The van der Waals surface area contributed by atoms with Gasteiger partial charge in [-0.05, 0) is 159 Å². The highest BCUT2D eigenvalue weighted by atomic mass is 127. The zero-order valence-electron chi connectivity index (χ0n) is 47.3. The van der Waals surface area contributed by atoms with Gasteiger partial charge in [-0.2, -0.15) is 0 Å². The normalized spacial score (nSPS) is 13.6. The Bertz CT molecular complexity index is 3510. The molecule has 0 spiro atoms. The fraction of sp³-hybridized carbons (Fsp3) is 0.353. The van der Waals surface area contributed by atoms with Crippen LogP contribution in [0.15, 0.2) is 97.1 Å². The minimum absolute atomic E-state index is 0.113. The summed E-state index contributed by atoms with van der Waals surface area (Å²) in [5.74, 6) is 0.145. The fourth-order valence-corrected chi connectivity index (χ4v) is 10.4. The average Bonchev–Trinajstić information content (AvgIpc) is 4.13.